The van der Waals surface area contributed by atoms with Gasteiger partial charge in [0.25, 0.3) is 0 Å². The number of carbonyl (C=O) groups excluding carboxylic acids is 2. The van der Waals surface area contributed by atoms with Crippen molar-refractivity contribution in [2.45, 2.75) is 5.92 Å². The molecule has 0 amide bonds. The molecular formula is C31H24N4O4. The van der Waals surface area contributed by atoms with Crippen LogP contribution in [0.1, 0.15) is 11.5 Å². The Hall–Kier alpha value is -5.42. The van der Waals surface area contributed by atoms with Crippen LogP contribution in [-0.4, -0.2) is 31.1 Å². The number of nitrogens with two attached hydrogens (primary N) is 1. The second-order valence-electron chi connectivity index (χ2n) is 8.80. The highest BCUT2D eigenvalue weighted by molar-refractivity contribution is 6.06. The topological polar surface area (TPSA) is 119 Å². The summed E-state index contributed by atoms with van der Waals surface area (Å²) in [7, 11) is 2.44. The SMILES string of the molecule is COC(=O)C1=C(C(=O)OC)N(c2ccc(-c3cnc4ccccc4c3)cc2)C(N)=C(C#N)C1c1ccccc1. The molecule has 5 rings (SSSR count). The van der Waals surface area contributed by atoms with Crippen molar-refractivity contribution in [3.8, 4) is 17.2 Å². The third-order valence-electron chi connectivity index (χ3n) is 6.66. The maximum absolute atomic E-state index is 13.2. The number of fused-ring (bicyclic) bond motifs is 1. The summed E-state index contributed by atoms with van der Waals surface area (Å²) in [4.78, 5) is 32.3. The number of rotatable bonds is 5. The highest BCUT2D eigenvalue weighted by Crippen LogP contribution is 2.43. The molecule has 1 atom stereocenters. The Bertz CT molecular complexity index is 1690. The van der Waals surface area contributed by atoms with Crippen LogP contribution >= 0.6 is 0 Å². The van der Waals surface area contributed by atoms with Gasteiger partial charge in [0.2, 0.25) is 0 Å². The van der Waals surface area contributed by atoms with Crippen molar-refractivity contribution in [2.24, 2.45) is 5.73 Å². The van der Waals surface area contributed by atoms with Gasteiger partial charge in [-0.2, -0.15) is 5.26 Å². The number of nitriles is 1. The maximum Gasteiger partial charge on any atom is 0.355 e. The molecule has 1 aliphatic heterocycles. The number of ether oxygens (including phenoxy) is 2. The molecule has 1 unspecified atom stereocenters. The smallest absolute Gasteiger partial charge is 0.355 e. The Morgan fingerprint density at radius 1 is 0.897 bits per heavy atom. The average Bonchev–Trinajstić information content (AvgIpc) is 2.99. The van der Waals surface area contributed by atoms with Gasteiger partial charge in [0.05, 0.1) is 42.9 Å². The van der Waals surface area contributed by atoms with Gasteiger partial charge in [-0.1, -0.05) is 60.7 Å². The fourth-order valence-corrected chi connectivity index (χ4v) is 4.81. The monoisotopic (exact) mass is 516 g/mol. The first kappa shape index (κ1) is 25.2. The van der Waals surface area contributed by atoms with E-state index in [2.05, 4.69) is 11.1 Å². The fourth-order valence-electron chi connectivity index (χ4n) is 4.81. The minimum atomic E-state index is -0.919. The molecule has 0 radical (unpaired) electrons. The van der Waals surface area contributed by atoms with Crippen LogP contribution < -0.4 is 10.6 Å². The number of para-hydroxylation sites is 1. The van der Waals surface area contributed by atoms with E-state index in [9.17, 15) is 14.9 Å². The van der Waals surface area contributed by atoms with Gasteiger partial charge in [-0.05, 0) is 35.4 Å². The minimum absolute atomic E-state index is 0.0135. The standard InChI is InChI=1S/C31H24N4O4/c1-38-30(36)27-26(20-8-4-3-5-9-20)24(17-32)29(33)35(28(27)31(37)39-2)23-14-12-19(13-15-23)22-16-21-10-6-7-11-25(21)34-18-22/h3-16,18,26H,33H2,1-2H3. The number of aromatic nitrogens is 1. The number of anilines is 1. The van der Waals surface area contributed by atoms with E-state index in [-0.39, 0.29) is 22.7 Å². The zero-order valence-corrected chi connectivity index (χ0v) is 21.3. The first-order chi connectivity index (χ1) is 19.0. The van der Waals surface area contributed by atoms with Crippen LogP contribution in [0.2, 0.25) is 0 Å². The largest absolute Gasteiger partial charge is 0.466 e. The molecule has 192 valence electrons. The number of methoxy groups -OCH3 is 2. The van der Waals surface area contributed by atoms with Crippen molar-refractivity contribution in [3.05, 3.63) is 119 Å². The highest BCUT2D eigenvalue weighted by atomic mass is 16.5. The van der Waals surface area contributed by atoms with E-state index in [1.54, 1.807) is 42.6 Å². The van der Waals surface area contributed by atoms with E-state index in [1.165, 1.54) is 19.1 Å². The molecule has 0 spiro atoms. The van der Waals surface area contributed by atoms with Gasteiger partial charge in [0.15, 0.2) is 0 Å². The van der Waals surface area contributed by atoms with Crippen LogP contribution in [-0.2, 0) is 19.1 Å². The Labute approximate surface area is 225 Å². The van der Waals surface area contributed by atoms with E-state index in [4.69, 9.17) is 15.2 Å². The summed E-state index contributed by atoms with van der Waals surface area (Å²) in [5, 5.41) is 11.2. The van der Waals surface area contributed by atoms with Crippen LogP contribution in [0, 0.1) is 11.3 Å². The molecule has 0 fully saturated rings. The van der Waals surface area contributed by atoms with Gasteiger partial charge < -0.3 is 15.2 Å². The van der Waals surface area contributed by atoms with Gasteiger partial charge in [0.1, 0.15) is 11.5 Å². The molecule has 0 aliphatic carbocycles. The van der Waals surface area contributed by atoms with Crippen LogP contribution in [0.25, 0.3) is 22.0 Å². The molecule has 1 aromatic heterocycles. The number of pyridine rings is 1. The lowest BCUT2D eigenvalue weighted by Crippen LogP contribution is -2.40. The molecule has 8 nitrogen and oxygen atoms in total. The molecular weight excluding hydrogens is 492 g/mol. The zero-order chi connectivity index (χ0) is 27.5. The number of allylic oxidation sites excluding steroid dienone is 1. The molecule has 4 aromatic rings. The van der Waals surface area contributed by atoms with Crippen LogP contribution in [0.5, 0.6) is 0 Å². The van der Waals surface area contributed by atoms with E-state index in [1.807, 2.05) is 48.5 Å². The molecule has 8 heteroatoms. The first-order valence-corrected chi connectivity index (χ1v) is 12.1. The first-order valence-electron chi connectivity index (χ1n) is 12.1. The van der Waals surface area contributed by atoms with E-state index < -0.39 is 17.9 Å². The number of hydrogen-bond donors (Lipinski definition) is 1. The van der Waals surface area contributed by atoms with Crippen LogP contribution in [0.15, 0.2) is 114 Å². The second kappa shape index (κ2) is 10.5. The van der Waals surface area contributed by atoms with Crippen LogP contribution in [0.4, 0.5) is 5.69 Å². The maximum atomic E-state index is 13.2. The molecule has 39 heavy (non-hydrogen) atoms. The number of benzene rings is 3. The summed E-state index contributed by atoms with van der Waals surface area (Å²) in [5.74, 6) is -2.47. The van der Waals surface area contributed by atoms with Gasteiger partial charge in [0, 0.05) is 22.8 Å². The van der Waals surface area contributed by atoms with Crippen molar-refractivity contribution in [1.29, 1.82) is 5.26 Å². The Balaban J connectivity index is 1.67. The Kier molecular flexibility index (Phi) is 6.81. The predicted octanol–water partition coefficient (Wildman–Crippen LogP) is 4.80. The predicted molar refractivity (Wildman–Crippen MR) is 147 cm³/mol. The van der Waals surface area contributed by atoms with Crippen molar-refractivity contribution in [1.82, 2.24) is 4.98 Å². The Morgan fingerprint density at radius 2 is 1.56 bits per heavy atom. The van der Waals surface area contributed by atoms with Crippen molar-refractivity contribution in [3.63, 3.8) is 0 Å². The zero-order valence-electron chi connectivity index (χ0n) is 21.3. The van der Waals surface area contributed by atoms with Gasteiger partial charge in [-0.15, -0.1) is 0 Å². The molecule has 2 heterocycles. The number of nitrogens with zero attached hydrogens (tertiary/aromatic N) is 3. The number of hydrogen-bond acceptors (Lipinski definition) is 8. The molecule has 3 aromatic carbocycles. The quantitative estimate of drug-likeness (QED) is 0.376. The van der Waals surface area contributed by atoms with Gasteiger partial charge in [-0.25, -0.2) is 9.59 Å². The fraction of sp³-hybridized carbons (Fsp3) is 0.0968. The minimum Gasteiger partial charge on any atom is -0.466 e. The van der Waals surface area contributed by atoms with Gasteiger partial charge >= 0.3 is 11.9 Å². The normalized spacial score (nSPS) is 15.2. The lowest BCUT2D eigenvalue weighted by molar-refractivity contribution is -0.139. The number of esters is 2. The lowest BCUT2D eigenvalue weighted by Gasteiger charge is -2.35. The molecule has 1 aliphatic rings. The summed E-state index contributed by atoms with van der Waals surface area (Å²) in [6.07, 6.45) is 1.79. The number of carbonyl (C=O) groups is 2. The lowest BCUT2D eigenvalue weighted by atomic mass is 9.81. The summed E-state index contributed by atoms with van der Waals surface area (Å²) in [6.45, 7) is 0. The second-order valence-corrected chi connectivity index (χ2v) is 8.80. The molecule has 0 saturated heterocycles. The third kappa shape index (κ3) is 4.47. The molecule has 0 bridgehead atoms. The van der Waals surface area contributed by atoms with Crippen molar-refractivity contribution >= 4 is 28.5 Å². The summed E-state index contributed by atoms with van der Waals surface area (Å²) >= 11 is 0. The van der Waals surface area contributed by atoms with E-state index in [0.29, 0.717) is 11.3 Å². The van der Waals surface area contributed by atoms with E-state index in [0.717, 1.165) is 22.0 Å². The summed E-state index contributed by atoms with van der Waals surface area (Å²) in [5.41, 5.74) is 10.3. The van der Waals surface area contributed by atoms with Crippen molar-refractivity contribution < 1.29 is 19.1 Å². The molecule has 2 N–H and O–H groups in total. The average molecular weight is 517 g/mol. The van der Waals surface area contributed by atoms with Crippen LogP contribution in [0.3, 0.4) is 0 Å². The van der Waals surface area contributed by atoms with Crippen molar-refractivity contribution in [2.75, 3.05) is 19.1 Å². The van der Waals surface area contributed by atoms with Gasteiger partial charge in [-0.3, -0.25) is 9.88 Å². The summed E-state index contributed by atoms with van der Waals surface area (Å²) in [6, 6.07) is 28.1. The third-order valence-corrected chi connectivity index (χ3v) is 6.66. The van der Waals surface area contributed by atoms with E-state index >= 15 is 0 Å². The molecule has 0 saturated carbocycles. The highest BCUT2D eigenvalue weighted by Gasteiger charge is 2.42. The Morgan fingerprint density at radius 3 is 2.23 bits per heavy atom. The summed E-state index contributed by atoms with van der Waals surface area (Å²) < 4.78 is 10.2.